The predicted octanol–water partition coefficient (Wildman–Crippen LogP) is 6.98. The Morgan fingerprint density at radius 2 is 1.57 bits per heavy atom. The van der Waals surface area contributed by atoms with Gasteiger partial charge in [0.15, 0.2) is 0 Å². The van der Waals surface area contributed by atoms with Gasteiger partial charge in [-0.2, -0.15) is 0 Å². The van der Waals surface area contributed by atoms with Crippen LogP contribution in [0, 0.1) is 0 Å². The smallest absolute Gasteiger partial charge is 0.119 e. The molecule has 28 heavy (non-hydrogen) atoms. The Labute approximate surface area is 169 Å². The summed E-state index contributed by atoms with van der Waals surface area (Å²) in [5.41, 5.74) is 8.54. The molecule has 1 unspecified atom stereocenters. The molecule has 0 saturated carbocycles. The lowest BCUT2D eigenvalue weighted by Gasteiger charge is -2.26. The summed E-state index contributed by atoms with van der Waals surface area (Å²) in [6.07, 6.45) is 5.72. The minimum Gasteiger partial charge on any atom is -0.494 e. The summed E-state index contributed by atoms with van der Waals surface area (Å²) in [6, 6.07) is 24.8. The number of hydrogen-bond acceptors (Lipinski definition) is 1. The van der Waals surface area contributed by atoms with Crippen molar-refractivity contribution in [2.75, 3.05) is 6.61 Å². The van der Waals surface area contributed by atoms with E-state index >= 15 is 0 Å². The first-order chi connectivity index (χ1) is 13.8. The molecule has 0 bridgehead atoms. The third-order valence-corrected chi connectivity index (χ3v) is 5.95. The fraction of sp³-hybridized carbons (Fsp3) is 0.333. The Hall–Kier alpha value is -2.54. The highest BCUT2D eigenvalue weighted by molar-refractivity contribution is 5.66. The van der Waals surface area contributed by atoms with Crippen LogP contribution in [-0.4, -0.2) is 6.61 Å². The molecule has 0 spiro atoms. The summed E-state index contributed by atoms with van der Waals surface area (Å²) in [6.45, 7) is 5.13. The summed E-state index contributed by atoms with van der Waals surface area (Å²) >= 11 is 0. The normalized spacial score (nSPS) is 15.9. The molecular weight excluding hydrogens is 340 g/mol. The van der Waals surface area contributed by atoms with E-state index in [4.69, 9.17) is 4.74 Å². The zero-order valence-electron chi connectivity index (χ0n) is 17.1. The zero-order chi connectivity index (χ0) is 19.3. The van der Waals surface area contributed by atoms with E-state index in [1.54, 1.807) is 0 Å². The maximum atomic E-state index is 5.70. The fourth-order valence-electron chi connectivity index (χ4n) is 4.21. The van der Waals surface area contributed by atoms with Gasteiger partial charge in [0, 0.05) is 0 Å². The average molecular weight is 371 g/mol. The number of fused-ring (bicyclic) bond motifs is 1. The molecular formula is C27H30O. The second-order valence-electron chi connectivity index (χ2n) is 7.89. The molecule has 0 heterocycles. The zero-order valence-corrected chi connectivity index (χ0v) is 17.1. The monoisotopic (exact) mass is 370 g/mol. The molecule has 4 rings (SSSR count). The molecule has 1 nitrogen and oxygen atoms in total. The Kier molecular flexibility index (Phi) is 5.81. The van der Waals surface area contributed by atoms with Crippen molar-refractivity contribution in [1.29, 1.82) is 0 Å². The van der Waals surface area contributed by atoms with E-state index in [1.165, 1.54) is 46.2 Å². The van der Waals surface area contributed by atoms with E-state index in [0.29, 0.717) is 5.92 Å². The van der Waals surface area contributed by atoms with Gasteiger partial charge < -0.3 is 4.74 Å². The molecule has 0 radical (unpaired) electrons. The number of rotatable bonds is 6. The van der Waals surface area contributed by atoms with Crippen molar-refractivity contribution in [2.24, 2.45) is 0 Å². The largest absolute Gasteiger partial charge is 0.494 e. The highest BCUT2D eigenvalue weighted by Crippen LogP contribution is 2.35. The fourth-order valence-corrected chi connectivity index (χ4v) is 4.21. The molecule has 1 aliphatic carbocycles. The number of ether oxygens (including phenoxy) is 1. The maximum Gasteiger partial charge on any atom is 0.119 e. The van der Waals surface area contributed by atoms with Gasteiger partial charge in [0.2, 0.25) is 0 Å². The Morgan fingerprint density at radius 1 is 0.821 bits per heavy atom. The van der Waals surface area contributed by atoms with E-state index in [0.717, 1.165) is 31.6 Å². The second kappa shape index (κ2) is 8.65. The summed E-state index contributed by atoms with van der Waals surface area (Å²) in [5, 5.41) is 0. The SMILES string of the molecule is CCCOc1ccc(-c2ccc3c(c2)CCC(c2ccc(CC)cc2)C3)cc1. The number of benzene rings is 3. The van der Waals surface area contributed by atoms with E-state index in [-0.39, 0.29) is 0 Å². The molecule has 0 amide bonds. The van der Waals surface area contributed by atoms with Crippen LogP contribution in [0.1, 0.15) is 54.9 Å². The van der Waals surface area contributed by atoms with Crippen molar-refractivity contribution in [2.45, 2.75) is 51.9 Å². The minimum absolute atomic E-state index is 0.652. The van der Waals surface area contributed by atoms with Crippen LogP contribution >= 0.6 is 0 Å². The predicted molar refractivity (Wildman–Crippen MR) is 118 cm³/mol. The van der Waals surface area contributed by atoms with Crippen LogP contribution in [0.3, 0.4) is 0 Å². The van der Waals surface area contributed by atoms with E-state index < -0.39 is 0 Å². The van der Waals surface area contributed by atoms with Crippen LogP contribution in [0.2, 0.25) is 0 Å². The summed E-state index contributed by atoms with van der Waals surface area (Å²) < 4.78 is 5.70. The van der Waals surface area contributed by atoms with Crippen LogP contribution in [0.25, 0.3) is 11.1 Å². The molecule has 0 aliphatic heterocycles. The lowest BCUT2D eigenvalue weighted by atomic mass is 9.79. The first-order valence-electron chi connectivity index (χ1n) is 10.7. The topological polar surface area (TPSA) is 9.23 Å². The van der Waals surface area contributed by atoms with Gasteiger partial charge in [-0.3, -0.25) is 0 Å². The average Bonchev–Trinajstić information content (AvgIpc) is 2.77. The van der Waals surface area contributed by atoms with Gasteiger partial charge in [-0.1, -0.05) is 68.4 Å². The van der Waals surface area contributed by atoms with Crippen LogP contribution in [-0.2, 0) is 19.3 Å². The molecule has 3 aromatic rings. The van der Waals surface area contributed by atoms with Crippen molar-refractivity contribution in [3.63, 3.8) is 0 Å². The van der Waals surface area contributed by atoms with Gasteiger partial charge in [0.1, 0.15) is 5.75 Å². The van der Waals surface area contributed by atoms with Crippen molar-refractivity contribution in [3.8, 4) is 16.9 Å². The van der Waals surface area contributed by atoms with Gasteiger partial charge in [0.05, 0.1) is 6.61 Å². The molecule has 1 atom stereocenters. The van der Waals surface area contributed by atoms with E-state index in [9.17, 15) is 0 Å². The van der Waals surface area contributed by atoms with Crippen LogP contribution in [0.4, 0.5) is 0 Å². The Balaban J connectivity index is 1.49. The second-order valence-corrected chi connectivity index (χ2v) is 7.89. The summed E-state index contributed by atoms with van der Waals surface area (Å²) in [4.78, 5) is 0. The van der Waals surface area contributed by atoms with Crippen molar-refractivity contribution in [3.05, 3.63) is 89.0 Å². The third-order valence-electron chi connectivity index (χ3n) is 5.95. The summed E-state index contributed by atoms with van der Waals surface area (Å²) in [7, 11) is 0. The molecule has 0 N–H and O–H groups in total. The molecule has 1 aliphatic rings. The minimum atomic E-state index is 0.652. The molecule has 0 fully saturated rings. The van der Waals surface area contributed by atoms with Crippen molar-refractivity contribution < 1.29 is 4.74 Å². The van der Waals surface area contributed by atoms with Crippen LogP contribution < -0.4 is 4.74 Å². The van der Waals surface area contributed by atoms with Crippen LogP contribution in [0.5, 0.6) is 5.75 Å². The van der Waals surface area contributed by atoms with Gasteiger partial charge in [-0.05, 0) is 83.5 Å². The van der Waals surface area contributed by atoms with Gasteiger partial charge in [0.25, 0.3) is 0 Å². The first-order valence-corrected chi connectivity index (χ1v) is 10.7. The van der Waals surface area contributed by atoms with E-state index in [2.05, 4.69) is 80.6 Å². The number of aryl methyl sites for hydroxylation is 2. The van der Waals surface area contributed by atoms with Gasteiger partial charge in [-0.25, -0.2) is 0 Å². The molecule has 144 valence electrons. The van der Waals surface area contributed by atoms with Gasteiger partial charge >= 0.3 is 0 Å². The Morgan fingerprint density at radius 3 is 2.29 bits per heavy atom. The third kappa shape index (κ3) is 4.14. The quantitative estimate of drug-likeness (QED) is 0.455. The molecule has 0 aromatic heterocycles. The molecule has 3 aromatic carbocycles. The van der Waals surface area contributed by atoms with Crippen molar-refractivity contribution >= 4 is 0 Å². The highest BCUT2D eigenvalue weighted by atomic mass is 16.5. The van der Waals surface area contributed by atoms with Crippen LogP contribution in [0.15, 0.2) is 66.7 Å². The Bertz CT molecular complexity index is 906. The highest BCUT2D eigenvalue weighted by Gasteiger charge is 2.20. The molecule has 0 saturated heterocycles. The lowest BCUT2D eigenvalue weighted by molar-refractivity contribution is 0.317. The van der Waals surface area contributed by atoms with Crippen molar-refractivity contribution in [1.82, 2.24) is 0 Å². The lowest BCUT2D eigenvalue weighted by Crippen LogP contribution is -2.12. The summed E-state index contributed by atoms with van der Waals surface area (Å²) in [5.74, 6) is 1.61. The number of hydrogen-bond donors (Lipinski definition) is 0. The maximum absolute atomic E-state index is 5.70. The van der Waals surface area contributed by atoms with Gasteiger partial charge in [-0.15, -0.1) is 0 Å². The molecule has 1 heteroatoms. The van der Waals surface area contributed by atoms with E-state index in [1.807, 2.05) is 0 Å². The standard InChI is InChI=1S/C27H30O/c1-3-17-28-27-15-13-22(14-16-27)24-10-12-25-18-23(9-11-26(25)19-24)21-7-5-20(4-2)6-8-21/h5-8,10,12-16,19,23H,3-4,9,11,17-18H2,1-2H3. The first kappa shape index (κ1) is 18.8.